The van der Waals surface area contributed by atoms with E-state index in [0.717, 1.165) is 6.54 Å². The fraction of sp³-hybridized carbons (Fsp3) is 0.667. The van der Waals surface area contributed by atoms with Crippen molar-refractivity contribution in [3.8, 4) is 0 Å². The fourth-order valence-corrected chi connectivity index (χ4v) is 1.30. The van der Waals surface area contributed by atoms with E-state index in [4.69, 9.17) is 5.73 Å². The molecular formula is C9H18N4. The Morgan fingerprint density at radius 2 is 2.23 bits per heavy atom. The molecule has 2 atom stereocenters. The maximum atomic E-state index is 5.51. The second-order valence-electron chi connectivity index (χ2n) is 3.43. The number of rotatable bonds is 5. The highest BCUT2D eigenvalue weighted by molar-refractivity contribution is 4.79. The van der Waals surface area contributed by atoms with Crippen LogP contribution in [0.5, 0.6) is 0 Å². The zero-order chi connectivity index (χ0) is 9.68. The van der Waals surface area contributed by atoms with Crippen LogP contribution >= 0.6 is 0 Å². The van der Waals surface area contributed by atoms with Crippen molar-refractivity contribution in [1.82, 2.24) is 15.1 Å². The summed E-state index contributed by atoms with van der Waals surface area (Å²) in [5.41, 5.74) is 5.51. The van der Waals surface area contributed by atoms with Crippen LogP contribution in [-0.2, 0) is 6.54 Å². The van der Waals surface area contributed by atoms with Gasteiger partial charge < -0.3 is 11.1 Å². The summed E-state index contributed by atoms with van der Waals surface area (Å²) >= 11 is 0. The minimum atomic E-state index is 0.366. The Balaban J connectivity index is 2.29. The molecule has 0 aromatic carbocycles. The monoisotopic (exact) mass is 182 g/mol. The van der Waals surface area contributed by atoms with Gasteiger partial charge in [-0.1, -0.05) is 0 Å². The van der Waals surface area contributed by atoms with Gasteiger partial charge in [-0.3, -0.25) is 4.68 Å². The van der Waals surface area contributed by atoms with Gasteiger partial charge in [-0.15, -0.1) is 0 Å². The fourth-order valence-electron chi connectivity index (χ4n) is 1.30. The van der Waals surface area contributed by atoms with E-state index in [2.05, 4.69) is 24.3 Å². The highest BCUT2D eigenvalue weighted by Crippen LogP contribution is 1.91. The summed E-state index contributed by atoms with van der Waals surface area (Å²) in [4.78, 5) is 0. The Kier molecular flexibility index (Phi) is 3.92. The van der Waals surface area contributed by atoms with Crippen LogP contribution in [-0.4, -0.2) is 28.4 Å². The molecule has 1 aromatic rings. The lowest BCUT2D eigenvalue weighted by molar-refractivity contribution is 0.410. The second kappa shape index (κ2) is 4.99. The molecule has 0 radical (unpaired) electrons. The summed E-state index contributed by atoms with van der Waals surface area (Å²) in [6.45, 7) is 5.77. The molecule has 0 fully saturated rings. The lowest BCUT2D eigenvalue weighted by Crippen LogP contribution is -2.41. The van der Waals surface area contributed by atoms with E-state index < -0.39 is 0 Å². The van der Waals surface area contributed by atoms with Gasteiger partial charge in [0.2, 0.25) is 0 Å². The van der Waals surface area contributed by atoms with Gasteiger partial charge >= 0.3 is 0 Å². The SMILES string of the molecule is CC(CN)NC(C)Cn1cccn1. The molecule has 4 heteroatoms. The van der Waals surface area contributed by atoms with Crippen molar-refractivity contribution in [3.05, 3.63) is 18.5 Å². The van der Waals surface area contributed by atoms with E-state index in [-0.39, 0.29) is 0 Å². The Morgan fingerprint density at radius 3 is 2.77 bits per heavy atom. The highest BCUT2D eigenvalue weighted by Gasteiger charge is 2.05. The van der Waals surface area contributed by atoms with Gasteiger partial charge in [0.05, 0.1) is 6.54 Å². The second-order valence-corrected chi connectivity index (χ2v) is 3.43. The number of nitrogens with zero attached hydrogens (tertiary/aromatic N) is 2. The van der Waals surface area contributed by atoms with Crippen molar-refractivity contribution in [1.29, 1.82) is 0 Å². The summed E-state index contributed by atoms with van der Waals surface area (Å²) < 4.78 is 1.92. The smallest absolute Gasteiger partial charge is 0.0560 e. The van der Waals surface area contributed by atoms with Crippen molar-refractivity contribution in [2.45, 2.75) is 32.5 Å². The first-order valence-corrected chi connectivity index (χ1v) is 4.66. The average Bonchev–Trinajstić information content (AvgIpc) is 2.56. The van der Waals surface area contributed by atoms with Gasteiger partial charge in [0.25, 0.3) is 0 Å². The van der Waals surface area contributed by atoms with Gasteiger partial charge in [0.15, 0.2) is 0 Å². The van der Waals surface area contributed by atoms with Crippen LogP contribution in [0.25, 0.3) is 0 Å². The predicted molar refractivity (Wildman–Crippen MR) is 53.3 cm³/mol. The molecule has 74 valence electrons. The van der Waals surface area contributed by atoms with E-state index in [0.29, 0.717) is 18.6 Å². The third-order valence-corrected chi connectivity index (χ3v) is 1.94. The number of nitrogens with two attached hydrogens (primary N) is 1. The molecule has 0 aliphatic carbocycles. The third-order valence-electron chi connectivity index (χ3n) is 1.94. The van der Waals surface area contributed by atoms with E-state index in [9.17, 15) is 0 Å². The molecule has 0 aliphatic rings. The van der Waals surface area contributed by atoms with Crippen LogP contribution in [0.3, 0.4) is 0 Å². The zero-order valence-corrected chi connectivity index (χ0v) is 8.27. The number of aromatic nitrogens is 2. The average molecular weight is 182 g/mol. The van der Waals surface area contributed by atoms with E-state index in [1.165, 1.54) is 0 Å². The van der Waals surface area contributed by atoms with Gasteiger partial charge in [-0.2, -0.15) is 5.10 Å². The van der Waals surface area contributed by atoms with Crippen molar-refractivity contribution in [3.63, 3.8) is 0 Å². The first-order valence-electron chi connectivity index (χ1n) is 4.66. The molecule has 2 unspecified atom stereocenters. The third kappa shape index (κ3) is 3.57. The molecule has 1 rings (SSSR count). The normalized spacial score (nSPS) is 15.6. The topological polar surface area (TPSA) is 55.9 Å². The van der Waals surface area contributed by atoms with Crippen LogP contribution in [0.1, 0.15) is 13.8 Å². The Morgan fingerprint density at radius 1 is 1.46 bits per heavy atom. The van der Waals surface area contributed by atoms with Crippen LogP contribution in [0.15, 0.2) is 18.5 Å². The van der Waals surface area contributed by atoms with Gasteiger partial charge in [0.1, 0.15) is 0 Å². The van der Waals surface area contributed by atoms with Crippen molar-refractivity contribution in [2.75, 3.05) is 6.54 Å². The molecule has 0 aliphatic heterocycles. The molecule has 0 saturated heterocycles. The van der Waals surface area contributed by atoms with E-state index in [1.807, 2.05) is 16.9 Å². The first kappa shape index (κ1) is 10.2. The maximum Gasteiger partial charge on any atom is 0.0560 e. The summed E-state index contributed by atoms with van der Waals surface area (Å²) in [6, 6.07) is 2.70. The number of hydrogen-bond acceptors (Lipinski definition) is 3. The standard InChI is InChI=1S/C9H18N4/c1-8(6-10)12-9(2)7-13-5-3-4-11-13/h3-5,8-9,12H,6-7,10H2,1-2H3. The van der Waals surface area contributed by atoms with Gasteiger partial charge in [-0.25, -0.2) is 0 Å². The maximum absolute atomic E-state index is 5.51. The molecule has 0 amide bonds. The van der Waals surface area contributed by atoms with Gasteiger partial charge in [-0.05, 0) is 19.9 Å². The molecule has 1 heterocycles. The van der Waals surface area contributed by atoms with Crippen molar-refractivity contribution in [2.24, 2.45) is 5.73 Å². The van der Waals surface area contributed by atoms with Crippen LogP contribution in [0.4, 0.5) is 0 Å². The summed E-state index contributed by atoms with van der Waals surface area (Å²) in [5.74, 6) is 0. The molecular weight excluding hydrogens is 164 g/mol. The van der Waals surface area contributed by atoms with Crippen LogP contribution in [0, 0.1) is 0 Å². The molecule has 0 saturated carbocycles. The molecule has 0 spiro atoms. The molecule has 1 aromatic heterocycles. The lowest BCUT2D eigenvalue weighted by Gasteiger charge is -2.18. The Hall–Kier alpha value is -0.870. The number of nitrogens with one attached hydrogen (secondary N) is 1. The van der Waals surface area contributed by atoms with Crippen LogP contribution < -0.4 is 11.1 Å². The minimum absolute atomic E-state index is 0.366. The molecule has 13 heavy (non-hydrogen) atoms. The predicted octanol–water partition coefficient (Wildman–Crippen LogP) is 0.208. The minimum Gasteiger partial charge on any atom is -0.329 e. The van der Waals surface area contributed by atoms with E-state index in [1.54, 1.807) is 6.20 Å². The quantitative estimate of drug-likeness (QED) is 0.684. The zero-order valence-electron chi connectivity index (χ0n) is 8.27. The number of hydrogen-bond donors (Lipinski definition) is 2. The summed E-state index contributed by atoms with van der Waals surface area (Å²) in [5, 5.41) is 7.52. The van der Waals surface area contributed by atoms with E-state index >= 15 is 0 Å². The molecule has 3 N–H and O–H groups in total. The van der Waals surface area contributed by atoms with Crippen LogP contribution in [0.2, 0.25) is 0 Å². The molecule has 0 bridgehead atoms. The Bertz CT molecular complexity index is 220. The summed E-state index contributed by atoms with van der Waals surface area (Å²) in [7, 11) is 0. The van der Waals surface area contributed by atoms with Crippen molar-refractivity contribution < 1.29 is 0 Å². The molecule has 4 nitrogen and oxygen atoms in total. The van der Waals surface area contributed by atoms with Crippen molar-refractivity contribution >= 4 is 0 Å². The lowest BCUT2D eigenvalue weighted by atomic mass is 10.2. The van der Waals surface area contributed by atoms with Gasteiger partial charge in [0, 0.05) is 31.0 Å². The highest BCUT2D eigenvalue weighted by atomic mass is 15.3. The summed E-state index contributed by atoms with van der Waals surface area (Å²) in [6.07, 6.45) is 3.75. The largest absolute Gasteiger partial charge is 0.329 e. The first-order chi connectivity index (χ1) is 6.22. The Labute approximate surface area is 79.1 Å².